The Morgan fingerprint density at radius 3 is 2.86 bits per heavy atom. The van der Waals surface area contributed by atoms with Crippen LogP contribution in [0, 0.1) is 15.9 Å². The Morgan fingerprint density at radius 1 is 1.52 bits per heavy atom. The molecule has 1 heterocycles. The molecule has 1 amide bonds. The van der Waals surface area contributed by atoms with E-state index in [1.54, 1.807) is 4.90 Å². The maximum absolute atomic E-state index is 13.5. The van der Waals surface area contributed by atoms with E-state index in [4.69, 9.17) is 5.73 Å². The highest BCUT2D eigenvalue weighted by molar-refractivity contribution is 6.01. The highest BCUT2D eigenvalue weighted by Gasteiger charge is 2.30. The molecule has 7 heteroatoms. The third-order valence-electron chi connectivity index (χ3n) is 3.91. The largest absolute Gasteiger partial charge is 0.393 e. The number of halogens is 1. The number of nitro benzene ring substituents is 1. The van der Waals surface area contributed by atoms with Crippen LogP contribution in [0.2, 0.25) is 0 Å². The van der Waals surface area contributed by atoms with Crippen LogP contribution in [-0.4, -0.2) is 28.3 Å². The van der Waals surface area contributed by atoms with Gasteiger partial charge in [0, 0.05) is 12.6 Å². The van der Waals surface area contributed by atoms with E-state index in [-0.39, 0.29) is 17.3 Å². The van der Waals surface area contributed by atoms with Crippen molar-refractivity contribution in [1.82, 2.24) is 4.90 Å². The minimum Gasteiger partial charge on any atom is -0.393 e. The fraction of sp³-hybridized carbons (Fsp3) is 0.500. The van der Waals surface area contributed by atoms with Gasteiger partial charge in [-0.1, -0.05) is 6.92 Å². The molecule has 1 aromatic rings. The number of carbonyl (C=O) groups is 1. The first kappa shape index (κ1) is 15.2. The standard InChI is InChI=1S/C14H18FN3O3/c1-2-10-5-3-4-6-17(10)14(19)11-7-9(15)8-12(13(11)16)18(20)21/h7-8,10H,2-6,16H2,1H3. The summed E-state index contributed by atoms with van der Waals surface area (Å²) in [5.41, 5.74) is 4.73. The summed E-state index contributed by atoms with van der Waals surface area (Å²) in [6.45, 7) is 2.55. The highest BCUT2D eigenvalue weighted by Crippen LogP contribution is 2.30. The lowest BCUT2D eigenvalue weighted by atomic mass is 9.98. The molecule has 1 saturated heterocycles. The second kappa shape index (κ2) is 6.07. The SMILES string of the molecule is CCC1CCCCN1C(=O)c1cc(F)cc([N+](=O)[O-])c1N. The van der Waals surface area contributed by atoms with Crippen LogP contribution in [0.15, 0.2) is 12.1 Å². The Labute approximate surface area is 121 Å². The van der Waals surface area contributed by atoms with Crippen molar-refractivity contribution in [3.05, 3.63) is 33.6 Å². The first-order chi connectivity index (χ1) is 9.95. The number of carbonyl (C=O) groups excluding carboxylic acids is 1. The predicted molar refractivity (Wildman–Crippen MR) is 76.4 cm³/mol. The number of hydrogen-bond donors (Lipinski definition) is 1. The molecule has 1 unspecified atom stereocenters. The van der Waals surface area contributed by atoms with Crippen molar-refractivity contribution in [2.75, 3.05) is 12.3 Å². The van der Waals surface area contributed by atoms with Gasteiger partial charge in [-0.15, -0.1) is 0 Å². The fourth-order valence-corrected chi connectivity index (χ4v) is 2.78. The van der Waals surface area contributed by atoms with Gasteiger partial charge in [0.2, 0.25) is 0 Å². The van der Waals surface area contributed by atoms with E-state index in [9.17, 15) is 19.3 Å². The van der Waals surface area contributed by atoms with Crippen LogP contribution in [-0.2, 0) is 0 Å². The molecule has 1 aliphatic heterocycles. The average Bonchev–Trinajstić information content (AvgIpc) is 2.48. The third kappa shape index (κ3) is 2.96. The second-order valence-corrected chi connectivity index (χ2v) is 5.20. The van der Waals surface area contributed by atoms with E-state index in [1.165, 1.54) is 0 Å². The lowest BCUT2D eigenvalue weighted by Crippen LogP contribution is -2.43. The second-order valence-electron chi connectivity index (χ2n) is 5.20. The van der Waals surface area contributed by atoms with Gasteiger partial charge in [0.05, 0.1) is 16.6 Å². The number of benzene rings is 1. The summed E-state index contributed by atoms with van der Waals surface area (Å²) in [7, 11) is 0. The van der Waals surface area contributed by atoms with Crippen LogP contribution >= 0.6 is 0 Å². The average molecular weight is 295 g/mol. The van der Waals surface area contributed by atoms with E-state index in [1.807, 2.05) is 6.92 Å². The van der Waals surface area contributed by atoms with Gasteiger partial charge in [0.15, 0.2) is 0 Å². The number of likely N-dealkylation sites (tertiary alicyclic amines) is 1. The first-order valence-electron chi connectivity index (χ1n) is 7.00. The smallest absolute Gasteiger partial charge is 0.295 e. The summed E-state index contributed by atoms with van der Waals surface area (Å²) >= 11 is 0. The normalized spacial score (nSPS) is 18.6. The van der Waals surface area contributed by atoms with Gasteiger partial charge in [-0.2, -0.15) is 0 Å². The Hall–Kier alpha value is -2.18. The molecule has 1 aromatic carbocycles. The van der Waals surface area contributed by atoms with Crippen LogP contribution < -0.4 is 5.73 Å². The van der Waals surface area contributed by atoms with Crippen molar-refractivity contribution in [2.45, 2.75) is 38.6 Å². The van der Waals surface area contributed by atoms with Crippen molar-refractivity contribution < 1.29 is 14.1 Å². The maximum Gasteiger partial charge on any atom is 0.295 e. The topological polar surface area (TPSA) is 89.5 Å². The van der Waals surface area contributed by atoms with Crippen LogP contribution in [0.1, 0.15) is 43.0 Å². The van der Waals surface area contributed by atoms with Crippen LogP contribution in [0.25, 0.3) is 0 Å². The van der Waals surface area contributed by atoms with E-state index in [0.717, 1.165) is 37.8 Å². The maximum atomic E-state index is 13.5. The summed E-state index contributed by atoms with van der Waals surface area (Å²) < 4.78 is 13.5. The Morgan fingerprint density at radius 2 is 2.24 bits per heavy atom. The Balaban J connectivity index is 2.41. The number of rotatable bonds is 3. The molecule has 114 valence electrons. The zero-order valence-electron chi connectivity index (χ0n) is 11.8. The lowest BCUT2D eigenvalue weighted by Gasteiger charge is -2.35. The summed E-state index contributed by atoms with van der Waals surface area (Å²) in [6, 6.07) is 1.79. The number of nitro groups is 1. The number of amides is 1. The predicted octanol–water partition coefficient (Wildman–Crippen LogP) is 2.72. The molecule has 1 aliphatic rings. The highest BCUT2D eigenvalue weighted by atomic mass is 19.1. The van der Waals surface area contributed by atoms with E-state index < -0.39 is 22.3 Å². The fourth-order valence-electron chi connectivity index (χ4n) is 2.78. The Kier molecular flexibility index (Phi) is 4.40. The molecule has 0 aliphatic carbocycles. The molecule has 0 bridgehead atoms. The minimum atomic E-state index is -0.829. The summed E-state index contributed by atoms with van der Waals surface area (Å²) in [5.74, 6) is -1.26. The van der Waals surface area contributed by atoms with E-state index in [0.29, 0.717) is 6.54 Å². The van der Waals surface area contributed by atoms with Gasteiger partial charge >= 0.3 is 0 Å². The van der Waals surface area contributed by atoms with Crippen LogP contribution in [0.5, 0.6) is 0 Å². The molecular formula is C14H18FN3O3. The van der Waals surface area contributed by atoms with Gasteiger partial charge in [0.1, 0.15) is 11.5 Å². The molecule has 21 heavy (non-hydrogen) atoms. The lowest BCUT2D eigenvalue weighted by molar-refractivity contribution is -0.384. The summed E-state index contributed by atoms with van der Waals surface area (Å²) in [5, 5.41) is 10.9. The van der Waals surface area contributed by atoms with Crippen molar-refractivity contribution in [2.24, 2.45) is 0 Å². The summed E-state index contributed by atoms with van der Waals surface area (Å²) in [6.07, 6.45) is 3.60. The van der Waals surface area contributed by atoms with Crippen molar-refractivity contribution >= 4 is 17.3 Å². The molecule has 1 atom stereocenters. The molecule has 2 rings (SSSR count). The van der Waals surface area contributed by atoms with Gasteiger partial charge in [-0.3, -0.25) is 14.9 Å². The number of hydrogen-bond acceptors (Lipinski definition) is 4. The van der Waals surface area contributed by atoms with Crippen LogP contribution in [0.3, 0.4) is 0 Å². The van der Waals surface area contributed by atoms with Crippen molar-refractivity contribution in [3.8, 4) is 0 Å². The van der Waals surface area contributed by atoms with E-state index >= 15 is 0 Å². The number of nitrogens with zero attached hydrogens (tertiary/aromatic N) is 2. The number of anilines is 1. The van der Waals surface area contributed by atoms with E-state index in [2.05, 4.69) is 0 Å². The number of nitrogen functional groups attached to an aromatic ring is 1. The zero-order chi connectivity index (χ0) is 15.6. The van der Waals surface area contributed by atoms with Crippen molar-refractivity contribution in [3.63, 3.8) is 0 Å². The first-order valence-corrected chi connectivity index (χ1v) is 7.00. The van der Waals surface area contributed by atoms with Gasteiger partial charge in [0.25, 0.3) is 11.6 Å². The number of piperidine rings is 1. The summed E-state index contributed by atoms with van der Waals surface area (Å²) in [4.78, 5) is 24.3. The monoisotopic (exact) mass is 295 g/mol. The zero-order valence-corrected chi connectivity index (χ0v) is 11.8. The van der Waals surface area contributed by atoms with Gasteiger partial charge in [-0.05, 0) is 31.7 Å². The molecular weight excluding hydrogens is 277 g/mol. The molecule has 2 N–H and O–H groups in total. The molecule has 1 fully saturated rings. The molecule has 0 spiro atoms. The molecule has 6 nitrogen and oxygen atoms in total. The van der Waals surface area contributed by atoms with Crippen LogP contribution in [0.4, 0.5) is 15.8 Å². The molecule has 0 radical (unpaired) electrons. The van der Waals surface area contributed by atoms with Gasteiger partial charge in [-0.25, -0.2) is 4.39 Å². The van der Waals surface area contributed by atoms with Gasteiger partial charge < -0.3 is 10.6 Å². The van der Waals surface area contributed by atoms with Crippen molar-refractivity contribution in [1.29, 1.82) is 0 Å². The third-order valence-corrected chi connectivity index (χ3v) is 3.91. The molecule has 0 saturated carbocycles. The number of nitrogens with two attached hydrogens (primary N) is 1. The quantitative estimate of drug-likeness (QED) is 0.527. The minimum absolute atomic E-state index is 0.0768. The Bertz CT molecular complexity index is 577. The molecule has 0 aromatic heterocycles.